The standard InChI is InChI=1S/C12H17ClN2/c13-9-1-5-11(6-2-9)15-12-7-3-10(14)4-8-12/h1-2,5-6,10,12,15H,3-4,7-8,14H2. The Morgan fingerprint density at radius 1 is 1.07 bits per heavy atom. The SMILES string of the molecule is NC1CCC(Nc2ccc(Cl)cc2)CC1. The highest BCUT2D eigenvalue weighted by Crippen LogP contribution is 2.22. The summed E-state index contributed by atoms with van der Waals surface area (Å²) in [5.41, 5.74) is 7.02. The fourth-order valence-corrected chi connectivity index (χ4v) is 2.17. The molecular formula is C12H17ClN2. The second-order valence-corrected chi connectivity index (χ2v) is 4.70. The minimum absolute atomic E-state index is 0.410. The zero-order chi connectivity index (χ0) is 10.7. The molecule has 0 unspecified atom stereocenters. The minimum Gasteiger partial charge on any atom is -0.382 e. The molecule has 1 aromatic rings. The third kappa shape index (κ3) is 3.11. The molecule has 0 aliphatic heterocycles. The lowest BCUT2D eigenvalue weighted by Crippen LogP contribution is -2.32. The van der Waals surface area contributed by atoms with Gasteiger partial charge >= 0.3 is 0 Å². The Hall–Kier alpha value is -0.730. The maximum absolute atomic E-state index is 5.86. The fraction of sp³-hybridized carbons (Fsp3) is 0.500. The molecule has 0 aromatic heterocycles. The van der Waals surface area contributed by atoms with Gasteiger partial charge in [-0.25, -0.2) is 0 Å². The summed E-state index contributed by atoms with van der Waals surface area (Å²) >= 11 is 5.83. The molecule has 0 saturated heterocycles. The van der Waals surface area contributed by atoms with Crippen LogP contribution in [0.15, 0.2) is 24.3 Å². The maximum Gasteiger partial charge on any atom is 0.0407 e. The summed E-state index contributed by atoms with van der Waals surface area (Å²) in [6.07, 6.45) is 4.60. The Morgan fingerprint density at radius 3 is 2.27 bits per heavy atom. The van der Waals surface area contributed by atoms with Crippen molar-refractivity contribution in [3.05, 3.63) is 29.3 Å². The molecule has 2 rings (SSSR count). The molecule has 0 heterocycles. The van der Waals surface area contributed by atoms with Crippen LogP contribution in [0.1, 0.15) is 25.7 Å². The number of rotatable bonds is 2. The Kier molecular flexibility index (Phi) is 3.49. The lowest BCUT2D eigenvalue weighted by molar-refractivity contribution is 0.411. The van der Waals surface area contributed by atoms with E-state index < -0.39 is 0 Å². The number of benzene rings is 1. The summed E-state index contributed by atoms with van der Waals surface area (Å²) in [6, 6.07) is 8.87. The van der Waals surface area contributed by atoms with E-state index in [-0.39, 0.29) is 0 Å². The van der Waals surface area contributed by atoms with Crippen molar-refractivity contribution in [2.45, 2.75) is 37.8 Å². The van der Waals surface area contributed by atoms with Crippen LogP contribution in [-0.2, 0) is 0 Å². The largest absolute Gasteiger partial charge is 0.382 e. The van der Waals surface area contributed by atoms with Gasteiger partial charge in [-0.15, -0.1) is 0 Å². The van der Waals surface area contributed by atoms with Gasteiger partial charge in [-0.3, -0.25) is 0 Å². The smallest absolute Gasteiger partial charge is 0.0407 e. The van der Waals surface area contributed by atoms with Crippen LogP contribution in [0.5, 0.6) is 0 Å². The van der Waals surface area contributed by atoms with E-state index in [1.807, 2.05) is 24.3 Å². The summed E-state index contributed by atoms with van der Waals surface area (Å²) in [4.78, 5) is 0. The summed E-state index contributed by atoms with van der Waals surface area (Å²) < 4.78 is 0. The lowest BCUT2D eigenvalue weighted by Gasteiger charge is -2.27. The van der Waals surface area contributed by atoms with E-state index in [4.69, 9.17) is 17.3 Å². The van der Waals surface area contributed by atoms with Crippen molar-refractivity contribution in [1.82, 2.24) is 0 Å². The molecule has 1 saturated carbocycles. The van der Waals surface area contributed by atoms with Crippen molar-refractivity contribution in [1.29, 1.82) is 0 Å². The normalized spacial score (nSPS) is 26.3. The fourth-order valence-electron chi connectivity index (χ4n) is 2.05. The first-order valence-corrected chi connectivity index (χ1v) is 5.89. The second kappa shape index (κ2) is 4.86. The van der Waals surface area contributed by atoms with E-state index in [1.165, 1.54) is 12.8 Å². The third-order valence-electron chi connectivity index (χ3n) is 2.99. The van der Waals surface area contributed by atoms with Gasteiger partial charge in [-0.2, -0.15) is 0 Å². The van der Waals surface area contributed by atoms with Gasteiger partial charge in [0.2, 0.25) is 0 Å². The molecule has 0 spiro atoms. The number of hydrogen-bond acceptors (Lipinski definition) is 2. The summed E-state index contributed by atoms with van der Waals surface area (Å²) in [5.74, 6) is 0. The minimum atomic E-state index is 0.410. The number of nitrogens with two attached hydrogens (primary N) is 1. The van der Waals surface area contributed by atoms with Crippen molar-refractivity contribution in [2.24, 2.45) is 5.73 Å². The van der Waals surface area contributed by atoms with E-state index in [9.17, 15) is 0 Å². The van der Waals surface area contributed by atoms with E-state index >= 15 is 0 Å². The highest BCUT2D eigenvalue weighted by atomic mass is 35.5. The monoisotopic (exact) mass is 224 g/mol. The highest BCUT2D eigenvalue weighted by Gasteiger charge is 2.17. The molecule has 0 amide bonds. The van der Waals surface area contributed by atoms with Crippen LogP contribution in [-0.4, -0.2) is 12.1 Å². The maximum atomic E-state index is 5.86. The molecule has 15 heavy (non-hydrogen) atoms. The number of anilines is 1. The van der Waals surface area contributed by atoms with Crippen LogP contribution in [0, 0.1) is 0 Å². The zero-order valence-electron chi connectivity index (χ0n) is 8.75. The van der Waals surface area contributed by atoms with Gasteiger partial charge in [0.25, 0.3) is 0 Å². The Bertz CT molecular complexity index is 302. The van der Waals surface area contributed by atoms with Crippen LogP contribution in [0.2, 0.25) is 5.02 Å². The van der Waals surface area contributed by atoms with E-state index in [0.717, 1.165) is 23.6 Å². The third-order valence-corrected chi connectivity index (χ3v) is 3.24. The Labute approximate surface area is 95.8 Å². The second-order valence-electron chi connectivity index (χ2n) is 4.26. The van der Waals surface area contributed by atoms with Crippen molar-refractivity contribution < 1.29 is 0 Å². The van der Waals surface area contributed by atoms with Crippen LogP contribution < -0.4 is 11.1 Å². The number of halogens is 1. The topological polar surface area (TPSA) is 38.0 Å². The van der Waals surface area contributed by atoms with E-state index in [2.05, 4.69) is 5.32 Å². The predicted molar refractivity (Wildman–Crippen MR) is 65.3 cm³/mol. The average molecular weight is 225 g/mol. The predicted octanol–water partition coefficient (Wildman–Crippen LogP) is 3.02. The van der Waals surface area contributed by atoms with Crippen LogP contribution >= 0.6 is 11.6 Å². The van der Waals surface area contributed by atoms with Gasteiger partial charge in [-0.05, 0) is 49.9 Å². The summed E-state index contributed by atoms with van der Waals surface area (Å²) in [6.45, 7) is 0. The molecule has 0 radical (unpaired) electrons. The van der Waals surface area contributed by atoms with Crippen LogP contribution in [0.4, 0.5) is 5.69 Å². The molecule has 1 fully saturated rings. The van der Waals surface area contributed by atoms with Gasteiger partial charge in [0, 0.05) is 22.8 Å². The molecule has 0 atom stereocenters. The lowest BCUT2D eigenvalue weighted by atomic mass is 9.92. The molecule has 82 valence electrons. The van der Waals surface area contributed by atoms with E-state index in [1.54, 1.807) is 0 Å². The van der Waals surface area contributed by atoms with Gasteiger partial charge in [-0.1, -0.05) is 11.6 Å². The van der Waals surface area contributed by atoms with Crippen LogP contribution in [0.25, 0.3) is 0 Å². The highest BCUT2D eigenvalue weighted by molar-refractivity contribution is 6.30. The van der Waals surface area contributed by atoms with Crippen molar-refractivity contribution in [3.63, 3.8) is 0 Å². The molecule has 3 heteroatoms. The van der Waals surface area contributed by atoms with Gasteiger partial charge in [0.05, 0.1) is 0 Å². The zero-order valence-corrected chi connectivity index (χ0v) is 9.50. The first-order chi connectivity index (χ1) is 7.24. The van der Waals surface area contributed by atoms with Gasteiger partial charge in [0.15, 0.2) is 0 Å². The molecule has 0 bridgehead atoms. The van der Waals surface area contributed by atoms with Gasteiger partial charge < -0.3 is 11.1 Å². The molecule has 2 nitrogen and oxygen atoms in total. The van der Waals surface area contributed by atoms with Crippen molar-refractivity contribution >= 4 is 17.3 Å². The Balaban J connectivity index is 1.89. The summed E-state index contributed by atoms with van der Waals surface area (Å²) in [7, 11) is 0. The molecule has 1 aliphatic carbocycles. The first kappa shape index (κ1) is 10.8. The summed E-state index contributed by atoms with van der Waals surface area (Å²) in [5, 5.41) is 4.30. The molecule has 1 aromatic carbocycles. The van der Waals surface area contributed by atoms with E-state index in [0.29, 0.717) is 12.1 Å². The average Bonchev–Trinajstić information content (AvgIpc) is 2.25. The first-order valence-electron chi connectivity index (χ1n) is 5.52. The quantitative estimate of drug-likeness (QED) is 0.811. The number of nitrogens with one attached hydrogen (secondary N) is 1. The molecule has 1 aliphatic rings. The molecular weight excluding hydrogens is 208 g/mol. The van der Waals surface area contributed by atoms with Crippen molar-refractivity contribution in [2.75, 3.05) is 5.32 Å². The number of hydrogen-bond donors (Lipinski definition) is 2. The van der Waals surface area contributed by atoms with Crippen LogP contribution in [0.3, 0.4) is 0 Å². The Morgan fingerprint density at radius 2 is 1.67 bits per heavy atom. The van der Waals surface area contributed by atoms with Gasteiger partial charge in [0.1, 0.15) is 0 Å². The van der Waals surface area contributed by atoms with Crippen molar-refractivity contribution in [3.8, 4) is 0 Å². The molecule has 3 N–H and O–H groups in total.